The monoisotopic (exact) mass is 412 g/mol. The van der Waals surface area contributed by atoms with Crippen LogP contribution in [0.5, 0.6) is 0 Å². The van der Waals surface area contributed by atoms with Crippen molar-refractivity contribution in [2.75, 3.05) is 7.11 Å². The molecule has 0 spiro atoms. The molecule has 1 atom stereocenters. The van der Waals surface area contributed by atoms with Gasteiger partial charge in [0.15, 0.2) is 5.25 Å². The second kappa shape index (κ2) is 16.5. The molecule has 0 amide bonds. The molecular weight excluding hydrogens is 383 g/mol. The summed E-state index contributed by atoms with van der Waals surface area (Å²) in [6.07, 6.45) is 11.0. The van der Waals surface area contributed by atoms with Crippen LogP contribution in [0.1, 0.15) is 64.7 Å². The Labute approximate surface area is 173 Å². The maximum atomic E-state index is 11.2. The van der Waals surface area contributed by atoms with Crippen LogP contribution in [0, 0.1) is 6.26 Å². The zero-order valence-corrected chi connectivity index (χ0v) is 18.9. The molecular formula is C14H29NaO8S2. The molecule has 11 heteroatoms. The fourth-order valence-electron chi connectivity index (χ4n) is 1.98. The van der Waals surface area contributed by atoms with Gasteiger partial charge in [-0.15, -0.1) is 0 Å². The minimum absolute atomic E-state index is 0. The van der Waals surface area contributed by atoms with Crippen LogP contribution in [0.15, 0.2) is 0 Å². The van der Waals surface area contributed by atoms with Gasteiger partial charge < -0.3 is 9.29 Å². The Bertz CT molecular complexity index is 523. The Morgan fingerprint density at radius 3 is 1.64 bits per heavy atom. The Morgan fingerprint density at radius 1 is 0.960 bits per heavy atom. The Hall–Kier alpha value is 0.290. The van der Waals surface area contributed by atoms with Crippen LogP contribution in [0.4, 0.5) is 0 Å². The van der Waals surface area contributed by atoms with Crippen LogP contribution in [0.3, 0.4) is 0 Å². The van der Waals surface area contributed by atoms with Crippen molar-refractivity contribution in [2.45, 2.75) is 70.0 Å². The second-order valence-electron chi connectivity index (χ2n) is 5.37. The minimum Gasteiger partial charge on any atom is -0.468 e. The molecule has 0 heterocycles. The van der Waals surface area contributed by atoms with Gasteiger partial charge in [-0.25, -0.2) is 8.42 Å². The summed E-state index contributed by atoms with van der Waals surface area (Å²) in [5.74, 6) is -0.884. The molecule has 0 aromatic carbocycles. The number of hydrogen-bond donors (Lipinski definition) is 2. The molecule has 25 heavy (non-hydrogen) atoms. The first-order chi connectivity index (χ1) is 10.9. The van der Waals surface area contributed by atoms with Crippen molar-refractivity contribution in [3.8, 4) is 0 Å². The van der Waals surface area contributed by atoms with E-state index in [0.29, 0.717) is 6.42 Å². The summed E-state index contributed by atoms with van der Waals surface area (Å²) in [5.41, 5.74) is 0. The number of hydrogen-bond acceptors (Lipinski definition) is 6. The fraction of sp³-hybridized carbons (Fsp3) is 0.857. The average Bonchev–Trinajstić information content (AvgIpc) is 2.41. The standard InChI is InChI=1S/C13H26O5S.CH3O3S.Na/c1-3-4-5-6-7-8-9-10-11-12(13(14)18-2)19(15,16)17;1-5(2,3)4;/h12H,3-11H2,1-2H3,(H,15,16,17);1H2,(H,2,3,4);/q;-1;+1. The van der Waals surface area contributed by atoms with Crippen molar-refractivity contribution in [1.29, 1.82) is 0 Å². The molecule has 0 saturated heterocycles. The van der Waals surface area contributed by atoms with E-state index < -0.39 is 31.5 Å². The molecule has 0 aliphatic heterocycles. The van der Waals surface area contributed by atoms with Gasteiger partial charge in [-0.3, -0.25) is 9.35 Å². The molecule has 0 radical (unpaired) electrons. The van der Waals surface area contributed by atoms with E-state index in [9.17, 15) is 13.2 Å². The number of ether oxygens (including phenoxy) is 1. The van der Waals surface area contributed by atoms with E-state index in [1.807, 2.05) is 0 Å². The van der Waals surface area contributed by atoms with E-state index in [1.165, 1.54) is 25.7 Å². The van der Waals surface area contributed by atoms with Crippen molar-refractivity contribution in [3.05, 3.63) is 6.26 Å². The number of carbonyl (C=O) groups is 1. The third-order valence-electron chi connectivity index (χ3n) is 3.14. The maximum absolute atomic E-state index is 11.2. The number of carbonyl (C=O) groups excluding carboxylic acids is 1. The molecule has 0 rings (SSSR count). The molecule has 146 valence electrons. The summed E-state index contributed by atoms with van der Waals surface area (Å²) in [6, 6.07) is 0. The van der Waals surface area contributed by atoms with E-state index in [4.69, 9.17) is 17.5 Å². The smallest absolute Gasteiger partial charge is 0.468 e. The Kier molecular flexibility index (Phi) is 19.8. The first kappa shape index (κ1) is 30.0. The SMILES string of the molecule is CCCCCCCCCCC(C(=O)OC)S(=O)(=O)O.[CH2-]S(=O)(=O)O.[Na+]. The molecule has 8 nitrogen and oxygen atoms in total. The van der Waals surface area contributed by atoms with E-state index >= 15 is 0 Å². The fourth-order valence-corrected chi connectivity index (χ4v) is 2.79. The van der Waals surface area contributed by atoms with Crippen molar-refractivity contribution in [1.82, 2.24) is 0 Å². The molecule has 0 fully saturated rings. The summed E-state index contributed by atoms with van der Waals surface area (Å²) in [6.45, 7) is 2.17. The molecule has 1 unspecified atom stereocenters. The average molecular weight is 413 g/mol. The third-order valence-corrected chi connectivity index (χ3v) is 4.29. The first-order valence-electron chi connectivity index (χ1n) is 7.78. The molecule has 0 aliphatic rings. The number of unbranched alkanes of at least 4 members (excludes halogenated alkanes) is 7. The number of methoxy groups -OCH3 is 1. The van der Waals surface area contributed by atoms with Gasteiger partial charge in [0.1, 0.15) is 10.1 Å². The van der Waals surface area contributed by atoms with Crippen LogP contribution < -0.4 is 29.6 Å². The summed E-state index contributed by atoms with van der Waals surface area (Å²) in [7, 11) is -7.15. The van der Waals surface area contributed by atoms with Gasteiger partial charge in [-0.1, -0.05) is 58.3 Å². The van der Waals surface area contributed by atoms with Crippen LogP contribution in [0.2, 0.25) is 0 Å². The van der Waals surface area contributed by atoms with Crippen LogP contribution in [-0.2, 0) is 29.8 Å². The minimum atomic E-state index is -4.36. The zero-order valence-electron chi connectivity index (χ0n) is 15.3. The van der Waals surface area contributed by atoms with Gasteiger partial charge in [0.2, 0.25) is 0 Å². The third kappa shape index (κ3) is 24.3. The zero-order chi connectivity index (χ0) is 19.2. The van der Waals surface area contributed by atoms with Crippen molar-refractivity contribution in [3.63, 3.8) is 0 Å². The molecule has 0 aliphatic carbocycles. The molecule has 2 N–H and O–H groups in total. The normalized spacial score (nSPS) is 12.4. The summed E-state index contributed by atoms with van der Waals surface area (Å²) in [5, 5.41) is -1.43. The number of rotatable bonds is 11. The van der Waals surface area contributed by atoms with Crippen molar-refractivity contribution < 1.29 is 65.0 Å². The van der Waals surface area contributed by atoms with Crippen LogP contribution in [0.25, 0.3) is 0 Å². The van der Waals surface area contributed by atoms with Gasteiger partial charge in [0.25, 0.3) is 10.1 Å². The van der Waals surface area contributed by atoms with Crippen LogP contribution >= 0.6 is 0 Å². The maximum Gasteiger partial charge on any atom is 1.00 e. The number of esters is 1. The molecule has 0 bridgehead atoms. The summed E-state index contributed by atoms with van der Waals surface area (Å²) in [4.78, 5) is 11.2. The molecule has 0 aromatic rings. The van der Waals surface area contributed by atoms with Crippen molar-refractivity contribution >= 4 is 26.2 Å². The van der Waals surface area contributed by atoms with Gasteiger partial charge in [-0.05, 0) is 6.42 Å². The first-order valence-corrected chi connectivity index (χ1v) is 10.9. The molecule has 0 saturated carbocycles. The van der Waals surface area contributed by atoms with Gasteiger partial charge in [-0.2, -0.15) is 14.7 Å². The Balaban J connectivity index is -0.000000704. The van der Waals surface area contributed by atoms with E-state index in [1.54, 1.807) is 0 Å². The predicted molar refractivity (Wildman–Crippen MR) is 91.5 cm³/mol. The van der Waals surface area contributed by atoms with E-state index in [2.05, 4.69) is 17.9 Å². The predicted octanol–water partition coefficient (Wildman–Crippen LogP) is -0.384. The van der Waals surface area contributed by atoms with Crippen LogP contribution in [-0.4, -0.2) is 44.3 Å². The van der Waals surface area contributed by atoms with E-state index in [-0.39, 0.29) is 36.0 Å². The quantitative estimate of drug-likeness (QED) is 0.154. The topological polar surface area (TPSA) is 135 Å². The van der Waals surface area contributed by atoms with E-state index in [0.717, 1.165) is 26.4 Å². The van der Waals surface area contributed by atoms with Gasteiger partial charge in [0.05, 0.1) is 7.11 Å². The largest absolute Gasteiger partial charge is 1.00 e. The van der Waals surface area contributed by atoms with Gasteiger partial charge in [0, 0.05) is 0 Å². The van der Waals surface area contributed by atoms with Crippen molar-refractivity contribution in [2.24, 2.45) is 0 Å². The Morgan fingerprint density at radius 2 is 1.32 bits per heavy atom. The summed E-state index contributed by atoms with van der Waals surface area (Å²) < 4.78 is 60.9. The molecule has 0 aromatic heterocycles. The van der Waals surface area contributed by atoms with Gasteiger partial charge >= 0.3 is 35.5 Å². The summed E-state index contributed by atoms with van der Waals surface area (Å²) >= 11 is 0. The second-order valence-corrected chi connectivity index (χ2v) is 8.14.